The highest BCUT2D eigenvalue weighted by molar-refractivity contribution is 5.79. The summed E-state index contributed by atoms with van der Waals surface area (Å²) in [5.41, 5.74) is 0.647. The Labute approximate surface area is 126 Å². The monoisotopic (exact) mass is 292 g/mol. The van der Waals surface area contributed by atoms with Crippen molar-refractivity contribution in [2.24, 2.45) is 10.9 Å². The van der Waals surface area contributed by atoms with Crippen molar-refractivity contribution in [1.82, 2.24) is 10.6 Å². The Morgan fingerprint density at radius 2 is 2.10 bits per heavy atom. The summed E-state index contributed by atoms with van der Waals surface area (Å²) in [7, 11) is 3.70. The maximum absolute atomic E-state index is 13.6. The number of hydrogen-bond donors (Lipinski definition) is 2. The Morgan fingerprint density at radius 3 is 2.76 bits per heavy atom. The van der Waals surface area contributed by atoms with Gasteiger partial charge in [0.05, 0.1) is 5.69 Å². The summed E-state index contributed by atoms with van der Waals surface area (Å²) in [4.78, 5) is 6.14. The molecule has 0 amide bonds. The van der Waals surface area contributed by atoms with Crippen LogP contribution in [0.5, 0.6) is 0 Å². The van der Waals surface area contributed by atoms with Gasteiger partial charge in [0.1, 0.15) is 5.82 Å². The zero-order valence-electron chi connectivity index (χ0n) is 12.9. The lowest BCUT2D eigenvalue weighted by atomic mass is 10.2. The molecule has 1 aliphatic rings. The lowest BCUT2D eigenvalue weighted by molar-refractivity contribution is 0.619. The number of nitrogens with one attached hydrogen (secondary N) is 2. The smallest absolute Gasteiger partial charge is 0.190 e. The molecule has 0 aromatic heterocycles. The molecular formula is C16H25FN4. The summed E-state index contributed by atoms with van der Waals surface area (Å²) in [5.74, 6) is 1.51. The fraction of sp³-hybridized carbons (Fsp3) is 0.562. The average Bonchev–Trinajstić information content (AvgIpc) is 3.31. The second kappa shape index (κ2) is 7.86. The number of benzene rings is 1. The van der Waals surface area contributed by atoms with Gasteiger partial charge in [0, 0.05) is 33.7 Å². The van der Waals surface area contributed by atoms with Crippen molar-refractivity contribution in [3.8, 4) is 0 Å². The van der Waals surface area contributed by atoms with Gasteiger partial charge in [-0.2, -0.15) is 0 Å². The van der Waals surface area contributed by atoms with E-state index in [0.29, 0.717) is 5.69 Å². The minimum absolute atomic E-state index is 0.171. The van der Waals surface area contributed by atoms with Gasteiger partial charge in [-0.05, 0) is 37.3 Å². The highest BCUT2D eigenvalue weighted by atomic mass is 19.1. The molecule has 0 heterocycles. The van der Waals surface area contributed by atoms with Gasteiger partial charge in [-0.1, -0.05) is 12.1 Å². The minimum atomic E-state index is -0.171. The van der Waals surface area contributed by atoms with Crippen molar-refractivity contribution >= 4 is 11.6 Å². The second-order valence-corrected chi connectivity index (χ2v) is 5.55. The molecule has 5 heteroatoms. The van der Waals surface area contributed by atoms with E-state index in [1.54, 1.807) is 19.2 Å². The maximum Gasteiger partial charge on any atom is 0.190 e. The zero-order chi connectivity index (χ0) is 15.1. The van der Waals surface area contributed by atoms with E-state index in [4.69, 9.17) is 0 Å². The molecular weight excluding hydrogens is 267 g/mol. The Hall–Kier alpha value is -1.78. The fourth-order valence-electron chi connectivity index (χ4n) is 2.19. The third-order valence-corrected chi connectivity index (χ3v) is 3.71. The zero-order valence-corrected chi connectivity index (χ0v) is 12.9. The molecule has 2 N–H and O–H groups in total. The molecule has 0 radical (unpaired) electrons. The van der Waals surface area contributed by atoms with Crippen LogP contribution in [0.2, 0.25) is 0 Å². The molecule has 1 aliphatic carbocycles. The molecule has 0 bridgehead atoms. The molecule has 0 unspecified atom stereocenters. The molecule has 1 aromatic carbocycles. The van der Waals surface area contributed by atoms with Crippen molar-refractivity contribution in [2.45, 2.75) is 19.3 Å². The van der Waals surface area contributed by atoms with Crippen LogP contribution in [0.4, 0.5) is 10.1 Å². The van der Waals surface area contributed by atoms with Gasteiger partial charge in [-0.15, -0.1) is 0 Å². The predicted molar refractivity (Wildman–Crippen MR) is 86.4 cm³/mol. The van der Waals surface area contributed by atoms with Gasteiger partial charge in [0.2, 0.25) is 0 Å². The molecule has 2 rings (SSSR count). The van der Waals surface area contributed by atoms with Gasteiger partial charge in [-0.25, -0.2) is 4.39 Å². The van der Waals surface area contributed by atoms with E-state index in [0.717, 1.165) is 37.9 Å². The molecule has 1 saturated carbocycles. The quantitative estimate of drug-likeness (QED) is 0.460. The van der Waals surface area contributed by atoms with Crippen LogP contribution in [0.25, 0.3) is 0 Å². The van der Waals surface area contributed by atoms with Crippen LogP contribution < -0.4 is 15.5 Å². The van der Waals surface area contributed by atoms with Crippen LogP contribution in [0.3, 0.4) is 0 Å². The molecule has 0 saturated heterocycles. The number of para-hydroxylation sites is 1. The topological polar surface area (TPSA) is 39.7 Å². The summed E-state index contributed by atoms with van der Waals surface area (Å²) in [5, 5.41) is 6.62. The molecule has 1 fully saturated rings. The van der Waals surface area contributed by atoms with Crippen LogP contribution in [0, 0.1) is 11.7 Å². The first-order valence-corrected chi connectivity index (χ1v) is 7.61. The standard InChI is InChI=1S/C16H25FN4/c1-18-16(20-12-13-8-9-13)19-10-5-11-21(2)15-7-4-3-6-14(15)17/h3-4,6-7,13H,5,8-12H2,1-2H3,(H2,18,19,20). The Bertz CT molecular complexity index is 471. The number of aliphatic imine (C=N–C) groups is 1. The summed E-state index contributed by atoms with van der Waals surface area (Å²) in [6.45, 7) is 2.63. The molecule has 21 heavy (non-hydrogen) atoms. The molecule has 1 aromatic rings. The van der Waals surface area contributed by atoms with Crippen LogP contribution in [0.15, 0.2) is 29.3 Å². The van der Waals surface area contributed by atoms with Crippen LogP contribution >= 0.6 is 0 Å². The number of anilines is 1. The van der Waals surface area contributed by atoms with Gasteiger partial charge in [0.15, 0.2) is 5.96 Å². The SMILES string of the molecule is CN=C(NCCCN(C)c1ccccc1F)NCC1CC1. The highest BCUT2D eigenvalue weighted by Crippen LogP contribution is 2.27. The predicted octanol–water partition coefficient (Wildman–Crippen LogP) is 2.23. The van der Waals surface area contributed by atoms with Crippen molar-refractivity contribution in [3.63, 3.8) is 0 Å². The Morgan fingerprint density at radius 1 is 1.33 bits per heavy atom. The lowest BCUT2D eigenvalue weighted by Gasteiger charge is -2.20. The first kappa shape index (κ1) is 15.6. The molecule has 0 aliphatic heterocycles. The highest BCUT2D eigenvalue weighted by Gasteiger charge is 2.20. The third kappa shape index (κ3) is 5.25. The molecule has 0 atom stereocenters. The van der Waals surface area contributed by atoms with Crippen LogP contribution in [-0.4, -0.2) is 39.7 Å². The summed E-state index contributed by atoms with van der Waals surface area (Å²) in [6.07, 6.45) is 3.59. The Kier molecular flexibility index (Phi) is 5.84. The Balaban J connectivity index is 1.65. The van der Waals surface area contributed by atoms with Gasteiger partial charge in [0.25, 0.3) is 0 Å². The molecule has 116 valence electrons. The number of guanidine groups is 1. The normalized spacial score (nSPS) is 14.9. The lowest BCUT2D eigenvalue weighted by Crippen LogP contribution is -2.39. The van der Waals surface area contributed by atoms with Crippen molar-refractivity contribution in [3.05, 3.63) is 30.1 Å². The summed E-state index contributed by atoms with van der Waals surface area (Å²) < 4.78 is 13.6. The third-order valence-electron chi connectivity index (χ3n) is 3.71. The molecule has 4 nitrogen and oxygen atoms in total. The van der Waals surface area contributed by atoms with Gasteiger partial charge >= 0.3 is 0 Å². The van der Waals surface area contributed by atoms with E-state index in [-0.39, 0.29) is 5.82 Å². The summed E-state index contributed by atoms with van der Waals surface area (Å²) >= 11 is 0. The largest absolute Gasteiger partial charge is 0.372 e. The minimum Gasteiger partial charge on any atom is -0.372 e. The number of nitrogens with zero attached hydrogens (tertiary/aromatic N) is 2. The van der Waals surface area contributed by atoms with E-state index in [9.17, 15) is 4.39 Å². The second-order valence-electron chi connectivity index (χ2n) is 5.55. The number of rotatable bonds is 7. The first-order chi connectivity index (χ1) is 10.2. The average molecular weight is 292 g/mol. The van der Waals surface area contributed by atoms with E-state index >= 15 is 0 Å². The van der Waals surface area contributed by atoms with E-state index in [1.807, 2.05) is 18.0 Å². The van der Waals surface area contributed by atoms with Crippen molar-refractivity contribution < 1.29 is 4.39 Å². The fourth-order valence-corrected chi connectivity index (χ4v) is 2.19. The number of hydrogen-bond acceptors (Lipinski definition) is 2. The van der Waals surface area contributed by atoms with Crippen molar-refractivity contribution in [2.75, 3.05) is 38.6 Å². The van der Waals surface area contributed by atoms with E-state index in [2.05, 4.69) is 15.6 Å². The van der Waals surface area contributed by atoms with Crippen LogP contribution in [-0.2, 0) is 0 Å². The first-order valence-electron chi connectivity index (χ1n) is 7.61. The van der Waals surface area contributed by atoms with E-state index in [1.165, 1.54) is 18.9 Å². The van der Waals surface area contributed by atoms with Gasteiger partial charge < -0.3 is 15.5 Å². The summed E-state index contributed by atoms with van der Waals surface area (Å²) in [6, 6.07) is 6.87. The molecule has 0 spiro atoms. The van der Waals surface area contributed by atoms with E-state index < -0.39 is 0 Å². The van der Waals surface area contributed by atoms with Crippen LogP contribution in [0.1, 0.15) is 19.3 Å². The van der Waals surface area contributed by atoms with Gasteiger partial charge in [-0.3, -0.25) is 4.99 Å². The van der Waals surface area contributed by atoms with Crippen molar-refractivity contribution in [1.29, 1.82) is 0 Å². The number of halogens is 1. The maximum atomic E-state index is 13.6.